The van der Waals surface area contributed by atoms with Crippen LogP contribution in [-0.2, 0) is 6.54 Å². The van der Waals surface area contributed by atoms with Gasteiger partial charge in [-0.05, 0) is 35.9 Å². The Hall–Kier alpha value is -1.52. The Morgan fingerprint density at radius 2 is 2.11 bits per heavy atom. The number of halogens is 2. The average molecular weight is 337 g/mol. The van der Waals surface area contributed by atoms with Crippen molar-refractivity contribution in [3.05, 3.63) is 57.7 Å². The second kappa shape index (κ2) is 5.23. The fraction of sp³-hybridized carbons (Fsp3) is 0.0714. The Morgan fingerprint density at radius 1 is 1.21 bits per heavy atom. The van der Waals surface area contributed by atoms with Gasteiger partial charge in [0.05, 0.1) is 11.7 Å². The Labute approximate surface area is 124 Å². The summed E-state index contributed by atoms with van der Waals surface area (Å²) in [5.74, 6) is 0. The van der Waals surface area contributed by atoms with Crippen LogP contribution in [0.1, 0.15) is 5.56 Å². The molecule has 0 spiro atoms. The number of nitrogens with one attached hydrogen (secondary N) is 2. The van der Waals surface area contributed by atoms with Gasteiger partial charge in [0, 0.05) is 27.1 Å². The van der Waals surface area contributed by atoms with E-state index in [1.165, 1.54) is 0 Å². The largest absolute Gasteiger partial charge is 0.381 e. The van der Waals surface area contributed by atoms with E-state index in [4.69, 9.17) is 11.6 Å². The van der Waals surface area contributed by atoms with E-state index < -0.39 is 0 Å². The first-order chi connectivity index (χ1) is 9.22. The van der Waals surface area contributed by atoms with Crippen LogP contribution >= 0.6 is 27.5 Å². The summed E-state index contributed by atoms with van der Waals surface area (Å²) in [6.45, 7) is 0.690. The molecule has 0 radical (unpaired) electrons. The predicted octanol–water partition coefficient (Wildman–Crippen LogP) is 4.59. The minimum Gasteiger partial charge on any atom is -0.381 e. The number of hydrogen-bond acceptors (Lipinski definition) is 2. The van der Waals surface area contributed by atoms with E-state index in [1.54, 1.807) is 0 Å². The Morgan fingerprint density at radius 3 is 2.95 bits per heavy atom. The number of hydrogen-bond donors (Lipinski definition) is 2. The molecule has 19 heavy (non-hydrogen) atoms. The number of aromatic nitrogens is 2. The molecule has 0 saturated carbocycles. The Bertz CT molecular complexity index is 724. The highest BCUT2D eigenvalue weighted by Crippen LogP contribution is 2.23. The number of aromatic amines is 1. The predicted molar refractivity (Wildman–Crippen MR) is 82.6 cm³/mol. The van der Waals surface area contributed by atoms with E-state index in [0.29, 0.717) is 6.54 Å². The molecule has 0 aliphatic rings. The number of fused-ring (bicyclic) bond motifs is 1. The maximum absolute atomic E-state index is 6.19. The quantitative estimate of drug-likeness (QED) is 0.734. The van der Waals surface area contributed by atoms with Crippen LogP contribution in [-0.4, -0.2) is 10.2 Å². The molecule has 1 aromatic heterocycles. The highest BCUT2D eigenvalue weighted by molar-refractivity contribution is 9.10. The molecule has 0 unspecified atom stereocenters. The van der Waals surface area contributed by atoms with Gasteiger partial charge in [-0.1, -0.05) is 33.6 Å². The van der Waals surface area contributed by atoms with E-state index in [1.807, 2.05) is 36.5 Å². The maximum Gasteiger partial charge on any atom is 0.0651 e. The van der Waals surface area contributed by atoms with Crippen LogP contribution in [0.5, 0.6) is 0 Å². The third kappa shape index (κ3) is 2.74. The number of H-pyrrole nitrogens is 1. The Kier molecular flexibility index (Phi) is 3.44. The summed E-state index contributed by atoms with van der Waals surface area (Å²) in [6, 6.07) is 12.0. The molecule has 3 nitrogen and oxygen atoms in total. The molecule has 0 amide bonds. The zero-order valence-electron chi connectivity index (χ0n) is 9.95. The molecule has 3 aromatic rings. The van der Waals surface area contributed by atoms with Gasteiger partial charge < -0.3 is 5.32 Å². The van der Waals surface area contributed by atoms with Gasteiger partial charge in [0.25, 0.3) is 0 Å². The summed E-state index contributed by atoms with van der Waals surface area (Å²) < 4.78 is 0.987. The van der Waals surface area contributed by atoms with Gasteiger partial charge in [-0.2, -0.15) is 5.10 Å². The van der Waals surface area contributed by atoms with E-state index in [9.17, 15) is 0 Å². The molecule has 96 valence electrons. The van der Waals surface area contributed by atoms with Crippen molar-refractivity contribution >= 4 is 44.1 Å². The van der Waals surface area contributed by atoms with Crippen LogP contribution in [0.4, 0.5) is 5.69 Å². The molecular formula is C14H11BrClN3. The van der Waals surface area contributed by atoms with Crippen LogP contribution < -0.4 is 5.32 Å². The molecule has 1 heterocycles. The third-order valence-corrected chi connectivity index (χ3v) is 3.78. The number of anilines is 1. The van der Waals surface area contributed by atoms with Gasteiger partial charge in [-0.3, -0.25) is 5.10 Å². The minimum absolute atomic E-state index is 0.690. The lowest BCUT2D eigenvalue weighted by Crippen LogP contribution is -1.99. The molecule has 2 N–H and O–H groups in total. The number of rotatable bonds is 3. The summed E-state index contributed by atoms with van der Waals surface area (Å²) in [5, 5.41) is 12.1. The van der Waals surface area contributed by atoms with E-state index >= 15 is 0 Å². The Balaban J connectivity index is 1.77. The molecule has 0 fully saturated rings. The lowest BCUT2D eigenvalue weighted by molar-refractivity contribution is 1.12. The normalized spacial score (nSPS) is 10.8. The van der Waals surface area contributed by atoms with Crippen molar-refractivity contribution in [2.24, 2.45) is 0 Å². The van der Waals surface area contributed by atoms with Crippen LogP contribution in [0, 0.1) is 0 Å². The second-order valence-corrected chi connectivity index (χ2v) is 5.58. The van der Waals surface area contributed by atoms with Crippen LogP contribution in [0.15, 0.2) is 47.1 Å². The summed E-state index contributed by atoms with van der Waals surface area (Å²) in [5.41, 5.74) is 3.15. The molecule has 0 aliphatic carbocycles. The fourth-order valence-electron chi connectivity index (χ4n) is 1.92. The average Bonchev–Trinajstić information content (AvgIpc) is 2.85. The molecule has 3 rings (SSSR count). The van der Waals surface area contributed by atoms with Gasteiger partial charge in [-0.25, -0.2) is 0 Å². The highest BCUT2D eigenvalue weighted by Gasteiger charge is 2.02. The van der Waals surface area contributed by atoms with E-state index in [-0.39, 0.29) is 0 Å². The van der Waals surface area contributed by atoms with Crippen molar-refractivity contribution < 1.29 is 0 Å². The standard InChI is InChI=1S/C14H11BrClN3/c15-11-2-1-9(13(16)6-11)7-17-12-3-4-14-10(5-12)8-18-19-14/h1-6,8,17H,7H2,(H,18,19). The molecular weight excluding hydrogens is 326 g/mol. The van der Waals surface area contributed by atoms with Crippen molar-refractivity contribution in [3.63, 3.8) is 0 Å². The first kappa shape index (κ1) is 12.5. The van der Waals surface area contributed by atoms with Crippen molar-refractivity contribution in [3.8, 4) is 0 Å². The minimum atomic E-state index is 0.690. The summed E-state index contributed by atoms with van der Waals surface area (Å²) >= 11 is 9.59. The van der Waals surface area contributed by atoms with Gasteiger partial charge >= 0.3 is 0 Å². The summed E-state index contributed by atoms with van der Waals surface area (Å²) in [7, 11) is 0. The monoisotopic (exact) mass is 335 g/mol. The van der Waals surface area contributed by atoms with E-state index in [2.05, 4.69) is 37.5 Å². The second-order valence-electron chi connectivity index (χ2n) is 4.26. The van der Waals surface area contributed by atoms with Gasteiger partial charge in [0.2, 0.25) is 0 Å². The molecule has 0 saturated heterocycles. The first-order valence-corrected chi connectivity index (χ1v) is 7.00. The molecule has 0 atom stereocenters. The maximum atomic E-state index is 6.19. The van der Waals surface area contributed by atoms with Crippen LogP contribution in [0.3, 0.4) is 0 Å². The fourth-order valence-corrected chi connectivity index (χ4v) is 2.66. The van der Waals surface area contributed by atoms with E-state index in [0.717, 1.165) is 31.6 Å². The van der Waals surface area contributed by atoms with Crippen molar-refractivity contribution in [2.45, 2.75) is 6.54 Å². The molecule has 0 aliphatic heterocycles. The lowest BCUT2D eigenvalue weighted by atomic mass is 10.2. The smallest absolute Gasteiger partial charge is 0.0651 e. The highest BCUT2D eigenvalue weighted by atomic mass is 79.9. The van der Waals surface area contributed by atoms with Gasteiger partial charge in [0.1, 0.15) is 0 Å². The zero-order valence-corrected chi connectivity index (χ0v) is 12.3. The topological polar surface area (TPSA) is 40.7 Å². The summed E-state index contributed by atoms with van der Waals surface area (Å²) in [4.78, 5) is 0. The number of nitrogens with zero attached hydrogens (tertiary/aromatic N) is 1. The zero-order chi connectivity index (χ0) is 13.2. The SMILES string of the molecule is Clc1cc(Br)ccc1CNc1ccc2[nH]ncc2c1. The van der Waals surface area contributed by atoms with Crippen LogP contribution in [0.25, 0.3) is 10.9 Å². The van der Waals surface area contributed by atoms with Crippen LogP contribution in [0.2, 0.25) is 5.02 Å². The van der Waals surface area contributed by atoms with Gasteiger partial charge in [-0.15, -0.1) is 0 Å². The van der Waals surface area contributed by atoms with Gasteiger partial charge in [0.15, 0.2) is 0 Å². The van der Waals surface area contributed by atoms with Crippen molar-refractivity contribution in [2.75, 3.05) is 5.32 Å². The molecule has 2 aromatic carbocycles. The van der Waals surface area contributed by atoms with Crippen molar-refractivity contribution in [1.82, 2.24) is 10.2 Å². The summed E-state index contributed by atoms with van der Waals surface area (Å²) in [6.07, 6.45) is 1.81. The lowest BCUT2D eigenvalue weighted by Gasteiger charge is -2.08. The molecule has 5 heteroatoms. The third-order valence-electron chi connectivity index (χ3n) is 2.94. The molecule has 0 bridgehead atoms. The number of benzene rings is 2. The van der Waals surface area contributed by atoms with Crippen molar-refractivity contribution in [1.29, 1.82) is 0 Å². The first-order valence-electron chi connectivity index (χ1n) is 5.83.